The number of amides is 1. The number of aromatic amines is 1. The third kappa shape index (κ3) is 5.51. The highest BCUT2D eigenvalue weighted by atomic mass is 35.5. The molecular formula is C23H23ClN4O3S. The highest BCUT2D eigenvalue weighted by Gasteiger charge is 2.22. The minimum absolute atomic E-state index is 0.133. The Balaban J connectivity index is 1.38. The fraction of sp³-hybridized carbons (Fsp3) is 0.261. The molecule has 0 aliphatic carbocycles. The Bertz CT molecular complexity index is 1180. The number of benzene rings is 2. The van der Waals surface area contributed by atoms with Crippen molar-refractivity contribution in [2.45, 2.75) is 24.7 Å². The molecule has 4 rings (SSSR count). The van der Waals surface area contributed by atoms with E-state index in [-0.39, 0.29) is 17.2 Å². The van der Waals surface area contributed by atoms with E-state index in [0.717, 1.165) is 23.6 Å². The van der Waals surface area contributed by atoms with Gasteiger partial charge in [0.1, 0.15) is 5.75 Å². The fourth-order valence-corrected chi connectivity index (χ4v) is 4.50. The van der Waals surface area contributed by atoms with Crippen molar-refractivity contribution in [1.82, 2.24) is 14.9 Å². The summed E-state index contributed by atoms with van der Waals surface area (Å²) in [4.78, 5) is 34.6. The van der Waals surface area contributed by atoms with Crippen molar-refractivity contribution >= 4 is 35.0 Å². The van der Waals surface area contributed by atoms with Crippen molar-refractivity contribution in [3.8, 4) is 5.75 Å². The third-order valence-electron chi connectivity index (χ3n) is 5.16. The number of halogens is 1. The molecule has 0 atom stereocenters. The van der Waals surface area contributed by atoms with Crippen molar-refractivity contribution in [2.24, 2.45) is 0 Å². The van der Waals surface area contributed by atoms with Gasteiger partial charge in [-0.15, -0.1) is 0 Å². The summed E-state index contributed by atoms with van der Waals surface area (Å²) in [6.07, 6.45) is 0.677. The second kappa shape index (κ2) is 10.2. The van der Waals surface area contributed by atoms with E-state index in [0.29, 0.717) is 40.9 Å². The van der Waals surface area contributed by atoms with Crippen LogP contribution in [0.2, 0.25) is 5.02 Å². The zero-order chi connectivity index (χ0) is 22.5. The van der Waals surface area contributed by atoms with Crippen LogP contribution in [0.4, 0.5) is 5.69 Å². The zero-order valence-corrected chi connectivity index (χ0v) is 19.1. The minimum Gasteiger partial charge on any atom is -0.496 e. The second-order valence-corrected chi connectivity index (χ2v) is 8.82. The molecule has 9 heteroatoms. The number of nitrogens with zero attached hydrogens (tertiary/aromatic N) is 2. The Morgan fingerprint density at radius 1 is 1.28 bits per heavy atom. The van der Waals surface area contributed by atoms with Crippen LogP contribution in [0.3, 0.4) is 0 Å². The maximum absolute atomic E-state index is 12.7. The van der Waals surface area contributed by atoms with Crippen molar-refractivity contribution in [1.29, 1.82) is 0 Å². The Morgan fingerprint density at radius 3 is 2.94 bits per heavy atom. The highest BCUT2D eigenvalue weighted by molar-refractivity contribution is 7.99. The van der Waals surface area contributed by atoms with Crippen molar-refractivity contribution < 1.29 is 9.53 Å². The zero-order valence-electron chi connectivity index (χ0n) is 17.6. The Morgan fingerprint density at radius 2 is 2.12 bits per heavy atom. The van der Waals surface area contributed by atoms with Gasteiger partial charge in [0.2, 0.25) is 5.91 Å². The lowest BCUT2D eigenvalue weighted by Gasteiger charge is -2.28. The van der Waals surface area contributed by atoms with Gasteiger partial charge in [-0.25, -0.2) is 4.98 Å². The lowest BCUT2D eigenvalue weighted by Crippen LogP contribution is -2.35. The van der Waals surface area contributed by atoms with E-state index < -0.39 is 0 Å². The van der Waals surface area contributed by atoms with E-state index in [9.17, 15) is 9.59 Å². The first-order chi connectivity index (χ1) is 15.5. The molecule has 0 saturated carbocycles. The standard InChI is InChI=1S/C23H23ClN4O3S/c1-31-20-8-3-2-5-15(20)12-28-10-9-19-18(13-28)22(30)27-23(26-19)32-14-21(29)25-17-7-4-6-16(24)11-17/h2-8,11H,9-10,12-14H2,1H3,(H,25,29)(H,26,27,30). The number of anilines is 1. The number of para-hydroxylation sites is 1. The summed E-state index contributed by atoms with van der Waals surface area (Å²) in [5.41, 5.74) is 3.03. The summed E-state index contributed by atoms with van der Waals surface area (Å²) in [5.74, 6) is 0.780. The van der Waals surface area contributed by atoms with E-state index in [4.69, 9.17) is 16.3 Å². The van der Waals surface area contributed by atoms with Gasteiger partial charge in [-0.05, 0) is 24.3 Å². The average molecular weight is 471 g/mol. The molecule has 2 N–H and O–H groups in total. The van der Waals surface area contributed by atoms with E-state index in [1.807, 2.05) is 24.3 Å². The first-order valence-corrected chi connectivity index (χ1v) is 11.5. The number of fused-ring (bicyclic) bond motifs is 1. The molecule has 1 aromatic heterocycles. The number of hydrogen-bond donors (Lipinski definition) is 2. The molecule has 0 spiro atoms. The predicted molar refractivity (Wildman–Crippen MR) is 126 cm³/mol. The summed E-state index contributed by atoms with van der Waals surface area (Å²) in [6.45, 7) is 2.01. The topological polar surface area (TPSA) is 87.3 Å². The predicted octanol–water partition coefficient (Wildman–Crippen LogP) is 3.72. The third-order valence-corrected chi connectivity index (χ3v) is 6.27. The maximum atomic E-state index is 12.7. The number of thioether (sulfide) groups is 1. The summed E-state index contributed by atoms with van der Waals surface area (Å²) in [7, 11) is 1.66. The molecule has 0 unspecified atom stereocenters. The number of H-pyrrole nitrogens is 1. The van der Waals surface area contributed by atoms with E-state index in [1.165, 1.54) is 11.8 Å². The molecule has 1 aliphatic heterocycles. The lowest BCUT2D eigenvalue weighted by molar-refractivity contribution is -0.113. The van der Waals surface area contributed by atoms with Gasteiger partial charge in [0, 0.05) is 42.3 Å². The van der Waals surface area contributed by atoms with Crippen molar-refractivity contribution in [2.75, 3.05) is 24.7 Å². The van der Waals surface area contributed by atoms with Gasteiger partial charge in [0.15, 0.2) is 5.16 Å². The van der Waals surface area contributed by atoms with Crippen LogP contribution in [0.15, 0.2) is 58.5 Å². The molecule has 32 heavy (non-hydrogen) atoms. The molecule has 1 aliphatic rings. The summed E-state index contributed by atoms with van der Waals surface area (Å²) < 4.78 is 5.44. The number of carbonyl (C=O) groups excluding carboxylic acids is 1. The summed E-state index contributed by atoms with van der Waals surface area (Å²) in [6, 6.07) is 14.9. The highest BCUT2D eigenvalue weighted by Crippen LogP contribution is 2.23. The van der Waals surface area contributed by atoms with E-state index in [2.05, 4.69) is 20.2 Å². The van der Waals surface area contributed by atoms with Crippen molar-refractivity contribution in [3.05, 3.63) is 80.7 Å². The first-order valence-electron chi connectivity index (χ1n) is 10.2. The van der Waals surface area contributed by atoms with E-state index >= 15 is 0 Å². The van der Waals surface area contributed by atoms with Crippen LogP contribution in [0.25, 0.3) is 0 Å². The molecule has 166 valence electrons. The molecule has 1 amide bonds. The molecule has 0 saturated heterocycles. The van der Waals surface area contributed by atoms with Crippen LogP contribution in [-0.4, -0.2) is 40.2 Å². The number of rotatable bonds is 7. The van der Waals surface area contributed by atoms with Gasteiger partial charge in [-0.2, -0.15) is 0 Å². The number of carbonyl (C=O) groups is 1. The van der Waals surface area contributed by atoms with E-state index in [1.54, 1.807) is 31.4 Å². The Labute approximate surface area is 195 Å². The Kier molecular flexibility index (Phi) is 7.14. The maximum Gasteiger partial charge on any atom is 0.256 e. The molecule has 0 bridgehead atoms. The molecular weight excluding hydrogens is 448 g/mol. The minimum atomic E-state index is -0.194. The summed E-state index contributed by atoms with van der Waals surface area (Å²) in [5, 5.41) is 3.79. The monoisotopic (exact) mass is 470 g/mol. The van der Waals surface area contributed by atoms with Gasteiger partial charge in [0.05, 0.1) is 24.1 Å². The van der Waals surface area contributed by atoms with Gasteiger partial charge >= 0.3 is 0 Å². The summed E-state index contributed by atoms with van der Waals surface area (Å²) >= 11 is 7.15. The van der Waals surface area contributed by atoms with Gasteiger partial charge in [-0.3, -0.25) is 14.5 Å². The normalized spacial score (nSPS) is 13.4. The molecule has 2 heterocycles. The number of ether oxygens (including phenoxy) is 1. The largest absolute Gasteiger partial charge is 0.496 e. The number of hydrogen-bond acceptors (Lipinski definition) is 6. The quantitative estimate of drug-likeness (QED) is 0.404. The number of nitrogens with one attached hydrogen (secondary N) is 2. The molecule has 0 fully saturated rings. The number of aromatic nitrogens is 2. The molecule has 2 aromatic carbocycles. The lowest BCUT2D eigenvalue weighted by atomic mass is 10.1. The fourth-order valence-electron chi connectivity index (χ4n) is 3.63. The van der Waals surface area contributed by atoms with Gasteiger partial charge in [0.25, 0.3) is 5.56 Å². The van der Waals surface area contributed by atoms with Crippen LogP contribution < -0.4 is 15.6 Å². The van der Waals surface area contributed by atoms with Crippen LogP contribution in [0.5, 0.6) is 5.75 Å². The SMILES string of the molecule is COc1ccccc1CN1CCc2nc(SCC(=O)Nc3cccc(Cl)c3)[nH]c(=O)c2C1. The second-order valence-electron chi connectivity index (χ2n) is 7.42. The number of methoxy groups -OCH3 is 1. The molecule has 0 radical (unpaired) electrons. The van der Waals surface area contributed by atoms with Crippen LogP contribution in [0, 0.1) is 0 Å². The van der Waals surface area contributed by atoms with Crippen LogP contribution in [-0.2, 0) is 24.3 Å². The smallest absolute Gasteiger partial charge is 0.256 e. The Hall–Kier alpha value is -2.81. The van der Waals surface area contributed by atoms with Gasteiger partial charge in [-0.1, -0.05) is 47.6 Å². The van der Waals surface area contributed by atoms with Crippen LogP contribution >= 0.6 is 23.4 Å². The van der Waals surface area contributed by atoms with Crippen molar-refractivity contribution in [3.63, 3.8) is 0 Å². The van der Waals surface area contributed by atoms with Gasteiger partial charge < -0.3 is 15.0 Å². The molecule has 3 aromatic rings. The first kappa shape index (κ1) is 22.4. The average Bonchev–Trinajstić information content (AvgIpc) is 2.78. The van der Waals surface area contributed by atoms with Crippen LogP contribution in [0.1, 0.15) is 16.8 Å². The molecule has 7 nitrogen and oxygen atoms in total.